The van der Waals surface area contributed by atoms with Crippen molar-refractivity contribution in [3.63, 3.8) is 0 Å². The van der Waals surface area contributed by atoms with Gasteiger partial charge in [-0.25, -0.2) is 0 Å². The van der Waals surface area contributed by atoms with Crippen LogP contribution in [0.4, 0.5) is 0 Å². The third-order valence-corrected chi connectivity index (χ3v) is 2.79. The standard InChI is InChI=1S/C15H15.Y/c1-11-4-7-14(8-5-11)15-9-6-12(2)13(3)10-15;/h4-5,7-10H,1-3H3;/q-1;. The number of aryl methyl sites for hydroxylation is 3. The first-order valence-electron chi connectivity index (χ1n) is 5.23. The topological polar surface area (TPSA) is 0 Å². The minimum atomic E-state index is 0. The second-order valence-corrected chi connectivity index (χ2v) is 4.06. The zero-order chi connectivity index (χ0) is 10.8. The second-order valence-electron chi connectivity index (χ2n) is 4.06. The third-order valence-electron chi connectivity index (χ3n) is 2.79. The van der Waals surface area contributed by atoms with E-state index in [1.54, 1.807) is 0 Å². The van der Waals surface area contributed by atoms with E-state index in [0.29, 0.717) is 0 Å². The Hall–Kier alpha value is -0.456. The second kappa shape index (κ2) is 5.75. The summed E-state index contributed by atoms with van der Waals surface area (Å²) in [6, 6.07) is 16.2. The molecule has 0 N–H and O–H groups in total. The molecule has 79 valence electrons. The Kier molecular flexibility index (Phi) is 4.89. The monoisotopic (exact) mass is 284 g/mol. The van der Waals surface area contributed by atoms with E-state index in [1.165, 1.54) is 27.8 Å². The van der Waals surface area contributed by atoms with E-state index >= 15 is 0 Å². The molecule has 0 spiro atoms. The summed E-state index contributed by atoms with van der Waals surface area (Å²) < 4.78 is 0. The van der Waals surface area contributed by atoms with Crippen LogP contribution in [0, 0.1) is 26.8 Å². The Morgan fingerprint density at radius 1 is 0.875 bits per heavy atom. The fraction of sp³-hybridized carbons (Fsp3) is 0.200. The minimum Gasteiger partial charge on any atom is -0.180 e. The number of hydrogen-bond donors (Lipinski definition) is 0. The summed E-state index contributed by atoms with van der Waals surface area (Å²) in [5, 5.41) is 0. The SMILES string of the molecule is Cc1ccc(-c2c[c-]c(C)c(C)c2)cc1.[Y]. The zero-order valence-electron chi connectivity index (χ0n) is 10.0. The molecule has 0 nitrogen and oxygen atoms in total. The van der Waals surface area contributed by atoms with Gasteiger partial charge in [-0.15, -0.1) is 5.56 Å². The van der Waals surface area contributed by atoms with Gasteiger partial charge in [-0.05, 0) is 6.92 Å². The molecular formula is C15H15Y-. The molecule has 0 unspecified atom stereocenters. The Morgan fingerprint density at radius 3 is 2.06 bits per heavy atom. The minimum absolute atomic E-state index is 0. The van der Waals surface area contributed by atoms with Gasteiger partial charge >= 0.3 is 0 Å². The molecule has 0 atom stereocenters. The first kappa shape index (κ1) is 13.6. The van der Waals surface area contributed by atoms with Crippen LogP contribution in [0.5, 0.6) is 0 Å². The van der Waals surface area contributed by atoms with Crippen LogP contribution in [0.25, 0.3) is 11.1 Å². The van der Waals surface area contributed by atoms with Gasteiger partial charge in [-0.3, -0.25) is 0 Å². The Labute approximate surface area is 123 Å². The van der Waals surface area contributed by atoms with Crippen molar-refractivity contribution in [1.82, 2.24) is 0 Å². The van der Waals surface area contributed by atoms with Gasteiger partial charge in [0, 0.05) is 32.7 Å². The number of benzene rings is 2. The summed E-state index contributed by atoms with van der Waals surface area (Å²) in [7, 11) is 0. The molecule has 0 aliphatic rings. The van der Waals surface area contributed by atoms with Gasteiger partial charge in [0.25, 0.3) is 0 Å². The first-order chi connectivity index (χ1) is 7.16. The molecule has 0 saturated heterocycles. The van der Waals surface area contributed by atoms with Crippen molar-refractivity contribution in [2.24, 2.45) is 0 Å². The molecule has 0 heterocycles. The quantitative estimate of drug-likeness (QED) is 0.692. The van der Waals surface area contributed by atoms with Crippen LogP contribution in [0.1, 0.15) is 16.7 Å². The molecule has 0 aromatic heterocycles. The van der Waals surface area contributed by atoms with Gasteiger partial charge in [0.05, 0.1) is 0 Å². The summed E-state index contributed by atoms with van der Waals surface area (Å²) in [5.74, 6) is 0. The van der Waals surface area contributed by atoms with Gasteiger partial charge in [0.2, 0.25) is 0 Å². The van der Waals surface area contributed by atoms with Crippen molar-refractivity contribution in [3.05, 3.63) is 59.2 Å². The Morgan fingerprint density at radius 2 is 1.50 bits per heavy atom. The maximum Gasteiger partial charge on any atom is 0 e. The summed E-state index contributed by atoms with van der Waals surface area (Å²) in [4.78, 5) is 0. The van der Waals surface area contributed by atoms with Crippen molar-refractivity contribution in [3.8, 4) is 11.1 Å². The Balaban J connectivity index is 0.00000128. The molecule has 0 saturated carbocycles. The maximum absolute atomic E-state index is 3.28. The van der Waals surface area contributed by atoms with Crippen LogP contribution in [0.2, 0.25) is 0 Å². The van der Waals surface area contributed by atoms with Gasteiger partial charge < -0.3 is 0 Å². The molecule has 2 aromatic carbocycles. The molecule has 0 fully saturated rings. The van der Waals surface area contributed by atoms with Gasteiger partial charge in [0.1, 0.15) is 0 Å². The van der Waals surface area contributed by atoms with E-state index in [0.717, 1.165) is 0 Å². The summed E-state index contributed by atoms with van der Waals surface area (Å²) in [6.45, 7) is 6.33. The third kappa shape index (κ3) is 3.02. The van der Waals surface area contributed by atoms with Crippen molar-refractivity contribution < 1.29 is 32.7 Å². The molecule has 2 aromatic rings. The van der Waals surface area contributed by atoms with Crippen LogP contribution in [0.15, 0.2) is 36.4 Å². The van der Waals surface area contributed by atoms with Gasteiger partial charge in [-0.2, -0.15) is 29.3 Å². The van der Waals surface area contributed by atoms with E-state index < -0.39 is 0 Å². The van der Waals surface area contributed by atoms with Crippen LogP contribution < -0.4 is 0 Å². The molecule has 16 heavy (non-hydrogen) atoms. The average Bonchev–Trinajstić information content (AvgIpc) is 2.23. The number of rotatable bonds is 1. The fourth-order valence-electron chi connectivity index (χ4n) is 1.60. The first-order valence-corrected chi connectivity index (χ1v) is 5.23. The van der Waals surface area contributed by atoms with Crippen molar-refractivity contribution in [2.45, 2.75) is 20.8 Å². The van der Waals surface area contributed by atoms with Crippen molar-refractivity contribution in [1.29, 1.82) is 0 Å². The summed E-state index contributed by atoms with van der Waals surface area (Å²) >= 11 is 0. The smallest absolute Gasteiger partial charge is 0 e. The van der Waals surface area contributed by atoms with E-state index in [2.05, 4.69) is 63.2 Å². The molecule has 0 amide bonds. The van der Waals surface area contributed by atoms with Crippen molar-refractivity contribution in [2.75, 3.05) is 0 Å². The van der Waals surface area contributed by atoms with Gasteiger partial charge in [-0.1, -0.05) is 49.2 Å². The Bertz CT molecular complexity index is 469. The molecule has 2 rings (SSSR count). The summed E-state index contributed by atoms with van der Waals surface area (Å²) in [5.41, 5.74) is 6.34. The normalized spacial score (nSPS) is 9.69. The molecule has 1 heteroatoms. The van der Waals surface area contributed by atoms with Crippen LogP contribution in [-0.4, -0.2) is 0 Å². The maximum atomic E-state index is 3.28. The molecular weight excluding hydrogens is 269 g/mol. The van der Waals surface area contributed by atoms with E-state index in [-0.39, 0.29) is 32.7 Å². The molecule has 0 bridgehead atoms. The van der Waals surface area contributed by atoms with Crippen LogP contribution in [-0.2, 0) is 32.7 Å². The van der Waals surface area contributed by atoms with E-state index in [1.807, 2.05) is 0 Å². The molecule has 1 radical (unpaired) electrons. The predicted molar refractivity (Wildman–Crippen MR) is 64.9 cm³/mol. The predicted octanol–water partition coefficient (Wildman–Crippen LogP) is 4.08. The summed E-state index contributed by atoms with van der Waals surface area (Å²) in [6.07, 6.45) is 0. The number of hydrogen-bond acceptors (Lipinski definition) is 0. The fourth-order valence-corrected chi connectivity index (χ4v) is 1.60. The average molecular weight is 284 g/mol. The largest absolute Gasteiger partial charge is 0.180 e. The van der Waals surface area contributed by atoms with Crippen LogP contribution in [0.3, 0.4) is 0 Å². The molecule has 0 aliphatic carbocycles. The van der Waals surface area contributed by atoms with Crippen LogP contribution >= 0.6 is 0 Å². The van der Waals surface area contributed by atoms with E-state index in [4.69, 9.17) is 0 Å². The van der Waals surface area contributed by atoms with Crippen molar-refractivity contribution >= 4 is 0 Å². The zero-order valence-corrected chi connectivity index (χ0v) is 12.9. The molecule has 0 aliphatic heterocycles. The van der Waals surface area contributed by atoms with Gasteiger partial charge in [0.15, 0.2) is 0 Å². The van der Waals surface area contributed by atoms with E-state index in [9.17, 15) is 0 Å².